The van der Waals surface area contributed by atoms with Crippen molar-refractivity contribution in [2.45, 2.75) is 40.5 Å². The SMILES string of the molecule is CCC(C)(C)C(=O)Cc1ccc(C)cn1. The molecule has 0 saturated heterocycles. The lowest BCUT2D eigenvalue weighted by atomic mass is 9.83. The van der Waals surface area contributed by atoms with Crippen molar-refractivity contribution in [3.63, 3.8) is 0 Å². The Bertz CT molecular complexity index is 338. The topological polar surface area (TPSA) is 30.0 Å². The molecule has 0 aliphatic rings. The van der Waals surface area contributed by atoms with E-state index in [-0.39, 0.29) is 11.2 Å². The summed E-state index contributed by atoms with van der Waals surface area (Å²) in [5, 5.41) is 0. The standard InChI is InChI=1S/C13H19NO/c1-5-13(3,4)12(15)8-11-7-6-10(2)9-14-11/h6-7,9H,5,8H2,1-4H3. The second-order valence-electron chi connectivity index (χ2n) is 4.66. The van der Waals surface area contributed by atoms with Gasteiger partial charge in [-0.05, 0) is 25.0 Å². The van der Waals surface area contributed by atoms with Crippen LogP contribution in [0.4, 0.5) is 0 Å². The van der Waals surface area contributed by atoms with Crippen molar-refractivity contribution in [1.29, 1.82) is 0 Å². The maximum atomic E-state index is 11.9. The smallest absolute Gasteiger partial charge is 0.144 e. The number of aromatic nitrogens is 1. The maximum absolute atomic E-state index is 11.9. The Morgan fingerprint density at radius 3 is 2.53 bits per heavy atom. The molecular formula is C13H19NO. The molecular weight excluding hydrogens is 186 g/mol. The molecule has 0 radical (unpaired) electrons. The molecule has 0 spiro atoms. The average molecular weight is 205 g/mol. The molecule has 2 nitrogen and oxygen atoms in total. The molecule has 0 aliphatic carbocycles. The van der Waals surface area contributed by atoms with Crippen LogP contribution in [-0.4, -0.2) is 10.8 Å². The number of Topliss-reactive ketones (excluding diaryl/α,β-unsaturated/α-hetero) is 1. The number of nitrogens with zero attached hydrogens (tertiary/aromatic N) is 1. The number of rotatable bonds is 4. The zero-order valence-electron chi connectivity index (χ0n) is 10.0. The summed E-state index contributed by atoms with van der Waals surface area (Å²) in [6.07, 6.45) is 3.13. The van der Waals surface area contributed by atoms with Crippen LogP contribution in [0.1, 0.15) is 38.4 Å². The quantitative estimate of drug-likeness (QED) is 0.756. The summed E-state index contributed by atoms with van der Waals surface area (Å²) in [6, 6.07) is 3.92. The first-order chi connectivity index (χ1) is 6.95. The van der Waals surface area contributed by atoms with Gasteiger partial charge in [0.25, 0.3) is 0 Å². The van der Waals surface area contributed by atoms with Crippen molar-refractivity contribution in [2.75, 3.05) is 0 Å². The molecule has 0 unspecified atom stereocenters. The van der Waals surface area contributed by atoms with Gasteiger partial charge in [-0.25, -0.2) is 0 Å². The summed E-state index contributed by atoms with van der Waals surface area (Å²) in [5.74, 6) is 0.265. The monoisotopic (exact) mass is 205 g/mol. The van der Waals surface area contributed by atoms with Gasteiger partial charge in [0.1, 0.15) is 5.78 Å². The zero-order chi connectivity index (χ0) is 11.5. The van der Waals surface area contributed by atoms with Gasteiger partial charge in [0.2, 0.25) is 0 Å². The summed E-state index contributed by atoms with van der Waals surface area (Å²) in [7, 11) is 0. The Kier molecular flexibility index (Phi) is 3.61. The van der Waals surface area contributed by atoms with E-state index in [1.807, 2.05) is 46.0 Å². The van der Waals surface area contributed by atoms with Gasteiger partial charge < -0.3 is 0 Å². The molecule has 1 aromatic rings. The number of aryl methyl sites for hydroxylation is 1. The van der Waals surface area contributed by atoms with E-state index in [1.165, 1.54) is 0 Å². The van der Waals surface area contributed by atoms with E-state index < -0.39 is 0 Å². The van der Waals surface area contributed by atoms with E-state index in [2.05, 4.69) is 4.98 Å². The van der Waals surface area contributed by atoms with Crippen LogP contribution in [-0.2, 0) is 11.2 Å². The first kappa shape index (κ1) is 11.9. The van der Waals surface area contributed by atoms with Gasteiger partial charge in [-0.1, -0.05) is 26.8 Å². The number of carbonyl (C=O) groups excluding carboxylic acids is 1. The fraction of sp³-hybridized carbons (Fsp3) is 0.538. The lowest BCUT2D eigenvalue weighted by molar-refractivity contribution is -0.126. The summed E-state index contributed by atoms with van der Waals surface area (Å²) in [4.78, 5) is 16.2. The minimum atomic E-state index is -0.230. The number of carbonyl (C=O) groups is 1. The number of pyridine rings is 1. The van der Waals surface area contributed by atoms with E-state index in [0.29, 0.717) is 6.42 Å². The lowest BCUT2D eigenvalue weighted by Gasteiger charge is -2.20. The molecule has 0 saturated carbocycles. The summed E-state index contributed by atoms with van der Waals surface area (Å²) in [6.45, 7) is 8.02. The van der Waals surface area contributed by atoms with Gasteiger partial charge in [-0.15, -0.1) is 0 Å². The Hall–Kier alpha value is -1.18. The van der Waals surface area contributed by atoms with Gasteiger partial charge >= 0.3 is 0 Å². The minimum absolute atomic E-state index is 0.230. The predicted octanol–water partition coefficient (Wildman–Crippen LogP) is 2.94. The molecule has 1 heterocycles. The highest BCUT2D eigenvalue weighted by molar-refractivity contribution is 5.85. The van der Waals surface area contributed by atoms with Crippen molar-refractivity contribution >= 4 is 5.78 Å². The largest absolute Gasteiger partial charge is 0.299 e. The highest BCUT2D eigenvalue weighted by atomic mass is 16.1. The van der Waals surface area contributed by atoms with E-state index in [0.717, 1.165) is 17.7 Å². The Balaban J connectivity index is 2.71. The number of ketones is 1. The van der Waals surface area contributed by atoms with Crippen LogP contribution in [0.2, 0.25) is 0 Å². The van der Waals surface area contributed by atoms with Crippen molar-refractivity contribution in [3.05, 3.63) is 29.6 Å². The van der Waals surface area contributed by atoms with Crippen LogP contribution < -0.4 is 0 Å². The van der Waals surface area contributed by atoms with Crippen LogP contribution in [0, 0.1) is 12.3 Å². The fourth-order valence-electron chi connectivity index (χ4n) is 1.20. The van der Waals surface area contributed by atoms with E-state index in [4.69, 9.17) is 0 Å². The highest BCUT2D eigenvalue weighted by Gasteiger charge is 2.25. The normalized spacial score (nSPS) is 11.5. The van der Waals surface area contributed by atoms with E-state index in [1.54, 1.807) is 0 Å². The number of hydrogen-bond acceptors (Lipinski definition) is 2. The van der Waals surface area contributed by atoms with Gasteiger partial charge in [0.05, 0.1) is 0 Å². The van der Waals surface area contributed by atoms with Crippen LogP contribution in [0.15, 0.2) is 18.3 Å². The third kappa shape index (κ3) is 3.15. The first-order valence-electron chi connectivity index (χ1n) is 5.40. The lowest BCUT2D eigenvalue weighted by Crippen LogP contribution is -2.25. The van der Waals surface area contributed by atoms with Crippen LogP contribution >= 0.6 is 0 Å². The van der Waals surface area contributed by atoms with Crippen molar-refractivity contribution in [1.82, 2.24) is 4.98 Å². The molecule has 0 N–H and O–H groups in total. The molecule has 2 heteroatoms. The van der Waals surface area contributed by atoms with Gasteiger partial charge in [-0.2, -0.15) is 0 Å². The molecule has 82 valence electrons. The fourth-order valence-corrected chi connectivity index (χ4v) is 1.20. The van der Waals surface area contributed by atoms with Crippen molar-refractivity contribution in [2.24, 2.45) is 5.41 Å². The molecule has 0 amide bonds. The average Bonchev–Trinajstić information content (AvgIpc) is 2.21. The predicted molar refractivity (Wildman–Crippen MR) is 61.8 cm³/mol. The minimum Gasteiger partial charge on any atom is -0.299 e. The van der Waals surface area contributed by atoms with Crippen LogP contribution in [0.3, 0.4) is 0 Å². The zero-order valence-corrected chi connectivity index (χ0v) is 10.0. The maximum Gasteiger partial charge on any atom is 0.144 e. The Morgan fingerprint density at radius 1 is 1.40 bits per heavy atom. The van der Waals surface area contributed by atoms with Crippen molar-refractivity contribution < 1.29 is 4.79 Å². The highest BCUT2D eigenvalue weighted by Crippen LogP contribution is 2.22. The summed E-state index contributed by atoms with van der Waals surface area (Å²) < 4.78 is 0. The summed E-state index contributed by atoms with van der Waals surface area (Å²) >= 11 is 0. The third-order valence-corrected chi connectivity index (χ3v) is 2.95. The summed E-state index contributed by atoms with van der Waals surface area (Å²) in [5.41, 5.74) is 1.76. The van der Waals surface area contributed by atoms with Gasteiger partial charge in [-0.3, -0.25) is 9.78 Å². The van der Waals surface area contributed by atoms with Crippen molar-refractivity contribution in [3.8, 4) is 0 Å². The molecule has 15 heavy (non-hydrogen) atoms. The molecule has 1 aromatic heterocycles. The first-order valence-corrected chi connectivity index (χ1v) is 5.40. The molecule has 0 fully saturated rings. The van der Waals surface area contributed by atoms with Gasteiger partial charge in [0.15, 0.2) is 0 Å². The molecule has 0 bridgehead atoms. The molecule has 1 rings (SSSR count). The Morgan fingerprint density at radius 2 is 2.07 bits per heavy atom. The van der Waals surface area contributed by atoms with Gasteiger partial charge in [0, 0.05) is 23.7 Å². The molecule has 0 aromatic carbocycles. The number of hydrogen-bond donors (Lipinski definition) is 0. The Labute approximate surface area is 91.7 Å². The van der Waals surface area contributed by atoms with E-state index in [9.17, 15) is 4.79 Å². The molecule has 0 aliphatic heterocycles. The van der Waals surface area contributed by atoms with E-state index >= 15 is 0 Å². The molecule has 0 atom stereocenters. The second kappa shape index (κ2) is 4.56. The third-order valence-electron chi connectivity index (χ3n) is 2.95. The second-order valence-corrected chi connectivity index (χ2v) is 4.66. The van der Waals surface area contributed by atoms with Crippen LogP contribution in [0.25, 0.3) is 0 Å². The van der Waals surface area contributed by atoms with Crippen LogP contribution in [0.5, 0.6) is 0 Å².